The largest absolute Gasteiger partial charge is 0.484 e. The molecule has 12 heteroatoms. The average molecular weight is 720 g/mol. The summed E-state index contributed by atoms with van der Waals surface area (Å²) in [4.78, 5) is 14.6. The van der Waals surface area contributed by atoms with E-state index in [2.05, 4.69) is 59.8 Å². The number of benzene rings is 3. The summed E-state index contributed by atoms with van der Waals surface area (Å²) in [7, 11) is 3.21. The SMILES string of the molecule is Cc1ccc(-n2nc(C(C)(C)C)cc2NC(=O)N[C@H]2CC[C@H](Oc3ccc4nnc(-c5ccccc5SSCCO)n4c3)c3ccccc32)cc1. The quantitative estimate of drug-likeness (QED) is 0.0951. The zero-order chi connectivity index (χ0) is 35.5. The fourth-order valence-electron chi connectivity index (χ4n) is 6.21. The predicted octanol–water partition coefficient (Wildman–Crippen LogP) is 8.70. The van der Waals surface area contributed by atoms with Crippen LogP contribution in [0.4, 0.5) is 10.6 Å². The van der Waals surface area contributed by atoms with Gasteiger partial charge in [-0.05, 0) is 61.2 Å². The number of hydrogen-bond donors (Lipinski definition) is 3. The van der Waals surface area contributed by atoms with Gasteiger partial charge in [0.1, 0.15) is 17.7 Å². The normalized spacial score (nSPS) is 15.8. The fourth-order valence-corrected chi connectivity index (χ4v) is 8.17. The molecule has 3 aromatic heterocycles. The third-order valence-electron chi connectivity index (χ3n) is 8.84. The number of aromatic nitrogens is 5. The van der Waals surface area contributed by atoms with Crippen molar-refractivity contribution in [3.8, 4) is 22.8 Å². The van der Waals surface area contributed by atoms with Gasteiger partial charge >= 0.3 is 6.03 Å². The zero-order valence-electron chi connectivity index (χ0n) is 29.0. The van der Waals surface area contributed by atoms with Crippen LogP contribution in [0.1, 0.15) is 68.1 Å². The number of hydrogen-bond acceptors (Lipinski definition) is 8. The van der Waals surface area contributed by atoms with Gasteiger partial charge in [0.2, 0.25) is 0 Å². The van der Waals surface area contributed by atoms with Gasteiger partial charge in [0.05, 0.1) is 30.2 Å². The molecule has 1 aliphatic rings. The molecule has 3 heterocycles. The Morgan fingerprint density at radius 3 is 2.51 bits per heavy atom. The van der Waals surface area contributed by atoms with Gasteiger partial charge in [-0.1, -0.05) is 103 Å². The number of aliphatic hydroxyl groups excluding tert-OH is 1. The molecule has 0 saturated heterocycles. The van der Waals surface area contributed by atoms with Gasteiger partial charge in [-0.25, -0.2) is 9.48 Å². The molecule has 10 nitrogen and oxygen atoms in total. The maximum atomic E-state index is 13.6. The van der Waals surface area contributed by atoms with Crippen molar-refractivity contribution in [3.63, 3.8) is 0 Å². The van der Waals surface area contributed by atoms with E-state index < -0.39 is 0 Å². The summed E-state index contributed by atoms with van der Waals surface area (Å²) in [6.07, 6.45) is 3.16. The van der Waals surface area contributed by atoms with E-state index in [1.165, 1.54) is 0 Å². The first kappa shape index (κ1) is 34.7. The van der Waals surface area contributed by atoms with E-state index in [1.54, 1.807) is 26.3 Å². The first-order chi connectivity index (χ1) is 24.7. The number of nitrogens with one attached hydrogen (secondary N) is 2. The van der Waals surface area contributed by atoms with E-state index in [0.717, 1.165) is 50.0 Å². The van der Waals surface area contributed by atoms with Crippen molar-refractivity contribution in [3.05, 3.63) is 120 Å². The van der Waals surface area contributed by atoms with Gasteiger partial charge < -0.3 is 15.2 Å². The molecule has 7 rings (SSSR count). The molecule has 2 amide bonds. The number of fused-ring (bicyclic) bond motifs is 2. The molecule has 0 saturated carbocycles. The Morgan fingerprint density at radius 1 is 0.961 bits per heavy atom. The lowest BCUT2D eigenvalue weighted by molar-refractivity contribution is 0.171. The van der Waals surface area contributed by atoms with E-state index >= 15 is 0 Å². The summed E-state index contributed by atoms with van der Waals surface area (Å²) in [5.74, 6) is 2.67. The molecule has 0 spiro atoms. The number of urea groups is 1. The van der Waals surface area contributed by atoms with Crippen molar-refractivity contribution >= 4 is 39.1 Å². The van der Waals surface area contributed by atoms with E-state index in [1.807, 2.05) is 90.3 Å². The Hall–Kier alpha value is -4.78. The zero-order valence-corrected chi connectivity index (χ0v) is 30.7. The highest BCUT2D eigenvalue weighted by Crippen LogP contribution is 2.40. The lowest BCUT2D eigenvalue weighted by Gasteiger charge is -2.32. The van der Waals surface area contributed by atoms with Gasteiger partial charge in [0.25, 0.3) is 0 Å². The van der Waals surface area contributed by atoms with E-state index in [9.17, 15) is 9.90 Å². The van der Waals surface area contributed by atoms with Crippen LogP contribution in [-0.2, 0) is 5.41 Å². The molecule has 0 radical (unpaired) electrons. The molecule has 1 aliphatic carbocycles. The molecule has 51 heavy (non-hydrogen) atoms. The number of ether oxygens (including phenoxy) is 1. The van der Waals surface area contributed by atoms with Crippen LogP contribution >= 0.6 is 21.6 Å². The Balaban J connectivity index is 1.09. The van der Waals surface area contributed by atoms with Crippen LogP contribution in [0.3, 0.4) is 0 Å². The lowest BCUT2D eigenvalue weighted by Crippen LogP contribution is -2.36. The monoisotopic (exact) mass is 719 g/mol. The molecule has 3 N–H and O–H groups in total. The molecule has 0 unspecified atom stereocenters. The first-order valence-electron chi connectivity index (χ1n) is 17.0. The van der Waals surface area contributed by atoms with Crippen molar-refractivity contribution in [2.45, 2.75) is 63.0 Å². The lowest BCUT2D eigenvalue weighted by atomic mass is 9.85. The Kier molecular flexibility index (Phi) is 10.1. The first-order valence-corrected chi connectivity index (χ1v) is 19.3. The van der Waals surface area contributed by atoms with Crippen LogP contribution < -0.4 is 15.4 Å². The average Bonchev–Trinajstić information content (AvgIpc) is 3.74. The molecule has 0 aliphatic heterocycles. The number of aliphatic hydroxyl groups is 1. The number of carbonyl (C=O) groups excluding carboxylic acids is 1. The van der Waals surface area contributed by atoms with Gasteiger partial charge in [0.15, 0.2) is 11.5 Å². The van der Waals surface area contributed by atoms with E-state index in [4.69, 9.17) is 9.84 Å². The number of anilines is 1. The summed E-state index contributed by atoms with van der Waals surface area (Å²) >= 11 is 0. The maximum Gasteiger partial charge on any atom is 0.320 e. The van der Waals surface area contributed by atoms with Crippen LogP contribution in [0.25, 0.3) is 22.7 Å². The standard InChI is InChI=1S/C39H41N7O3S2/c1-25-13-15-26(16-14-25)46-36(23-34(44-46)39(2,3)4)41-38(48)40-31-18-19-32(29-10-6-5-9-28(29)31)49-27-17-20-35-42-43-37(45(35)24-27)30-11-7-8-12-33(30)51-50-22-21-47/h5-17,20,23-24,31-32,47H,18-19,21-22H2,1-4H3,(H2,40,41,48)/t31-,32-/m0/s1. The van der Waals surface area contributed by atoms with E-state index in [0.29, 0.717) is 30.2 Å². The molecule has 262 valence electrons. The van der Waals surface area contributed by atoms with Gasteiger partial charge in [0, 0.05) is 27.7 Å². The third kappa shape index (κ3) is 7.63. The molecule has 0 fully saturated rings. The second kappa shape index (κ2) is 14.8. The summed E-state index contributed by atoms with van der Waals surface area (Å²) in [5.41, 5.74) is 6.49. The number of amides is 2. The van der Waals surface area contributed by atoms with Crippen molar-refractivity contribution in [2.24, 2.45) is 0 Å². The van der Waals surface area contributed by atoms with Gasteiger partial charge in [-0.15, -0.1) is 10.2 Å². The van der Waals surface area contributed by atoms with E-state index in [-0.39, 0.29) is 30.2 Å². The summed E-state index contributed by atoms with van der Waals surface area (Å²) in [6, 6.07) is 29.6. The maximum absolute atomic E-state index is 13.6. The highest BCUT2D eigenvalue weighted by molar-refractivity contribution is 8.76. The van der Waals surface area contributed by atoms with Crippen molar-refractivity contribution in [1.29, 1.82) is 0 Å². The Morgan fingerprint density at radius 2 is 1.73 bits per heavy atom. The number of nitrogens with zero attached hydrogens (tertiary/aromatic N) is 5. The molecule has 2 atom stereocenters. The Bertz CT molecular complexity index is 2160. The minimum Gasteiger partial charge on any atom is -0.484 e. The van der Waals surface area contributed by atoms with Gasteiger partial charge in [-0.2, -0.15) is 5.10 Å². The number of rotatable bonds is 10. The van der Waals surface area contributed by atoms with Crippen molar-refractivity contribution in [2.75, 3.05) is 17.7 Å². The van der Waals surface area contributed by atoms with Crippen LogP contribution in [0.5, 0.6) is 5.75 Å². The molecule has 6 aromatic rings. The number of carbonyl (C=O) groups is 1. The Labute approximate surface area is 305 Å². The predicted molar refractivity (Wildman–Crippen MR) is 205 cm³/mol. The molecular formula is C39H41N7O3S2. The van der Waals surface area contributed by atoms with Crippen LogP contribution in [0.2, 0.25) is 0 Å². The molecule has 0 bridgehead atoms. The summed E-state index contributed by atoms with van der Waals surface area (Å²) < 4.78 is 10.4. The fraction of sp³-hybridized carbons (Fsp3) is 0.282. The van der Waals surface area contributed by atoms with Crippen LogP contribution in [0.15, 0.2) is 102 Å². The van der Waals surface area contributed by atoms with Gasteiger partial charge in [-0.3, -0.25) is 9.72 Å². The number of pyridine rings is 1. The summed E-state index contributed by atoms with van der Waals surface area (Å²) in [5, 5.41) is 29.4. The third-order valence-corrected chi connectivity index (χ3v) is 11.2. The summed E-state index contributed by atoms with van der Waals surface area (Å²) in [6.45, 7) is 8.51. The number of aryl methyl sites for hydroxylation is 1. The topological polar surface area (TPSA) is 119 Å². The smallest absolute Gasteiger partial charge is 0.320 e. The molecular weight excluding hydrogens is 679 g/mol. The van der Waals surface area contributed by atoms with Crippen molar-refractivity contribution < 1.29 is 14.6 Å². The van der Waals surface area contributed by atoms with Crippen LogP contribution in [-0.4, -0.2) is 47.9 Å². The van der Waals surface area contributed by atoms with Crippen LogP contribution in [0, 0.1) is 6.92 Å². The highest BCUT2D eigenvalue weighted by Gasteiger charge is 2.30. The second-order valence-corrected chi connectivity index (χ2v) is 16.1. The second-order valence-electron chi connectivity index (χ2n) is 13.6. The minimum absolute atomic E-state index is 0.127. The molecule has 3 aromatic carbocycles. The minimum atomic E-state index is -0.290. The highest BCUT2D eigenvalue weighted by atomic mass is 33.1. The van der Waals surface area contributed by atoms with Crippen molar-refractivity contribution in [1.82, 2.24) is 29.7 Å².